The van der Waals surface area contributed by atoms with E-state index in [-0.39, 0.29) is 5.82 Å². The van der Waals surface area contributed by atoms with E-state index in [4.69, 9.17) is 4.74 Å². The molecule has 0 fully saturated rings. The Morgan fingerprint density at radius 3 is 2.71 bits per heavy atom. The van der Waals surface area contributed by atoms with Gasteiger partial charge in [0.1, 0.15) is 5.82 Å². The fourth-order valence-electron chi connectivity index (χ4n) is 2.10. The summed E-state index contributed by atoms with van der Waals surface area (Å²) in [7, 11) is 0. The molecule has 0 unspecified atom stereocenters. The average Bonchev–Trinajstić information content (AvgIpc) is 2.44. The normalized spacial score (nSPS) is 11.1. The number of halogens is 1. The molecule has 1 aromatic heterocycles. The quantitative estimate of drug-likeness (QED) is 0.618. The van der Waals surface area contributed by atoms with Crippen molar-refractivity contribution in [3.63, 3.8) is 0 Å². The molecule has 3 nitrogen and oxygen atoms in total. The predicted octanol–water partition coefficient (Wildman–Crippen LogP) is 4.32. The van der Waals surface area contributed by atoms with Crippen LogP contribution in [0.25, 0.3) is 0 Å². The van der Waals surface area contributed by atoms with Gasteiger partial charge in [-0.25, -0.2) is 9.37 Å². The van der Waals surface area contributed by atoms with Crippen molar-refractivity contribution in [1.29, 1.82) is 0 Å². The Morgan fingerprint density at radius 2 is 2.00 bits per heavy atom. The summed E-state index contributed by atoms with van der Waals surface area (Å²) in [5, 5.41) is 3.30. The van der Waals surface area contributed by atoms with E-state index in [0.29, 0.717) is 24.9 Å². The Balaban J connectivity index is 2.40. The minimum absolute atomic E-state index is 0.313. The average molecular weight is 296 g/mol. The third-order valence-electron chi connectivity index (χ3n) is 3.25. The van der Waals surface area contributed by atoms with Crippen LogP contribution in [0.5, 0.6) is 5.88 Å². The third kappa shape index (κ3) is 8.00. The van der Waals surface area contributed by atoms with Gasteiger partial charge >= 0.3 is 0 Å². The van der Waals surface area contributed by atoms with Gasteiger partial charge in [-0.3, -0.25) is 0 Å². The van der Waals surface area contributed by atoms with Crippen molar-refractivity contribution in [2.24, 2.45) is 5.92 Å². The molecule has 0 aliphatic carbocycles. The molecule has 0 aromatic carbocycles. The van der Waals surface area contributed by atoms with Gasteiger partial charge in [0.25, 0.3) is 0 Å². The van der Waals surface area contributed by atoms with Gasteiger partial charge < -0.3 is 10.1 Å². The zero-order valence-electron chi connectivity index (χ0n) is 13.6. The van der Waals surface area contributed by atoms with Crippen LogP contribution < -0.4 is 10.1 Å². The van der Waals surface area contributed by atoms with Crippen molar-refractivity contribution in [3.8, 4) is 5.88 Å². The molecule has 1 aromatic rings. The van der Waals surface area contributed by atoms with Crippen molar-refractivity contribution >= 4 is 0 Å². The second-order valence-corrected chi connectivity index (χ2v) is 5.91. The molecule has 0 radical (unpaired) electrons. The minimum Gasteiger partial charge on any atom is -0.477 e. The lowest BCUT2D eigenvalue weighted by Crippen LogP contribution is -2.20. The third-order valence-corrected chi connectivity index (χ3v) is 3.25. The number of nitrogens with one attached hydrogen (secondary N) is 1. The molecule has 0 atom stereocenters. The number of pyridine rings is 1. The largest absolute Gasteiger partial charge is 0.477 e. The molecular weight excluding hydrogens is 267 g/mol. The van der Waals surface area contributed by atoms with Crippen LogP contribution in [0.3, 0.4) is 0 Å². The lowest BCUT2D eigenvalue weighted by molar-refractivity contribution is 0.288. The summed E-state index contributed by atoms with van der Waals surface area (Å²) in [6, 6.07) is 1.51. The van der Waals surface area contributed by atoms with Crippen LogP contribution in [-0.2, 0) is 6.54 Å². The Labute approximate surface area is 128 Å². The number of ether oxygens (including phenoxy) is 1. The summed E-state index contributed by atoms with van der Waals surface area (Å²) in [5.41, 5.74) is 0.796. The Morgan fingerprint density at radius 1 is 1.24 bits per heavy atom. The van der Waals surface area contributed by atoms with E-state index >= 15 is 0 Å². The lowest BCUT2D eigenvalue weighted by Gasteiger charge is -2.12. The molecule has 0 saturated carbocycles. The molecule has 120 valence electrons. The molecule has 0 bridgehead atoms. The smallest absolute Gasteiger partial charge is 0.218 e. The number of hydrogen-bond donors (Lipinski definition) is 1. The number of rotatable bonds is 11. The molecule has 0 aliphatic heterocycles. The first-order valence-corrected chi connectivity index (χ1v) is 8.11. The van der Waals surface area contributed by atoms with Crippen LogP contribution in [0.1, 0.15) is 58.4 Å². The second-order valence-electron chi connectivity index (χ2n) is 5.91. The molecular formula is C17H29FN2O. The van der Waals surface area contributed by atoms with Crippen LogP contribution in [0.4, 0.5) is 4.39 Å². The molecule has 21 heavy (non-hydrogen) atoms. The zero-order valence-corrected chi connectivity index (χ0v) is 13.6. The number of nitrogens with zero attached hydrogens (tertiary/aromatic N) is 1. The van der Waals surface area contributed by atoms with Gasteiger partial charge in [0.2, 0.25) is 5.88 Å². The maximum Gasteiger partial charge on any atom is 0.218 e. The molecule has 1 heterocycles. The van der Waals surface area contributed by atoms with Crippen molar-refractivity contribution < 1.29 is 9.13 Å². The highest BCUT2D eigenvalue weighted by Gasteiger charge is 2.07. The van der Waals surface area contributed by atoms with E-state index in [1.54, 1.807) is 0 Å². The Kier molecular flexibility index (Phi) is 8.99. The van der Waals surface area contributed by atoms with Gasteiger partial charge in [0.05, 0.1) is 12.8 Å². The van der Waals surface area contributed by atoms with Gasteiger partial charge in [-0.05, 0) is 24.9 Å². The molecule has 0 aliphatic rings. The van der Waals surface area contributed by atoms with Gasteiger partial charge in [0.15, 0.2) is 0 Å². The van der Waals surface area contributed by atoms with E-state index in [0.717, 1.165) is 18.5 Å². The molecule has 4 heteroatoms. The molecule has 1 rings (SSSR count). The topological polar surface area (TPSA) is 34.1 Å². The Hall–Kier alpha value is -1.16. The standard InChI is InChI=1S/C17H29FN2O/c1-4-5-6-7-8-9-21-17-15(10-16(18)13-20-17)12-19-11-14(2)3/h10,13-14,19H,4-9,11-12H2,1-3H3. The first-order chi connectivity index (χ1) is 10.1. The molecule has 1 N–H and O–H groups in total. The van der Waals surface area contributed by atoms with Crippen molar-refractivity contribution in [2.45, 2.75) is 59.4 Å². The van der Waals surface area contributed by atoms with E-state index in [2.05, 4.69) is 31.1 Å². The van der Waals surface area contributed by atoms with Crippen LogP contribution in [0.15, 0.2) is 12.3 Å². The van der Waals surface area contributed by atoms with Crippen molar-refractivity contribution in [3.05, 3.63) is 23.6 Å². The molecule has 0 saturated heterocycles. The van der Waals surface area contributed by atoms with Gasteiger partial charge in [-0.2, -0.15) is 0 Å². The van der Waals surface area contributed by atoms with E-state index in [1.807, 2.05) is 0 Å². The molecule has 0 amide bonds. The fourth-order valence-corrected chi connectivity index (χ4v) is 2.10. The molecule has 0 spiro atoms. The SMILES string of the molecule is CCCCCCCOc1ncc(F)cc1CNCC(C)C. The first kappa shape index (κ1) is 17.9. The monoisotopic (exact) mass is 296 g/mol. The van der Waals surface area contributed by atoms with E-state index < -0.39 is 0 Å². The van der Waals surface area contributed by atoms with Crippen LogP contribution in [-0.4, -0.2) is 18.1 Å². The predicted molar refractivity (Wildman–Crippen MR) is 85.0 cm³/mol. The maximum atomic E-state index is 13.3. The highest BCUT2D eigenvalue weighted by Crippen LogP contribution is 2.17. The van der Waals surface area contributed by atoms with Crippen LogP contribution >= 0.6 is 0 Å². The minimum atomic E-state index is -0.313. The number of hydrogen-bond acceptors (Lipinski definition) is 3. The summed E-state index contributed by atoms with van der Waals surface area (Å²) in [6.07, 6.45) is 7.19. The van der Waals surface area contributed by atoms with E-state index in [1.165, 1.54) is 37.9 Å². The zero-order chi connectivity index (χ0) is 15.5. The van der Waals surface area contributed by atoms with Gasteiger partial charge in [-0.15, -0.1) is 0 Å². The van der Waals surface area contributed by atoms with Crippen LogP contribution in [0.2, 0.25) is 0 Å². The van der Waals surface area contributed by atoms with Gasteiger partial charge in [0, 0.05) is 12.1 Å². The number of aromatic nitrogens is 1. The van der Waals surface area contributed by atoms with E-state index in [9.17, 15) is 4.39 Å². The first-order valence-electron chi connectivity index (χ1n) is 8.11. The highest BCUT2D eigenvalue weighted by atomic mass is 19.1. The summed E-state index contributed by atoms with van der Waals surface area (Å²) in [4.78, 5) is 4.07. The second kappa shape index (κ2) is 10.6. The van der Waals surface area contributed by atoms with Crippen LogP contribution in [0, 0.1) is 11.7 Å². The van der Waals surface area contributed by atoms with Gasteiger partial charge in [-0.1, -0.05) is 46.5 Å². The Bertz CT molecular complexity index is 396. The maximum absolute atomic E-state index is 13.3. The summed E-state index contributed by atoms with van der Waals surface area (Å²) in [5.74, 6) is 0.809. The number of unbranched alkanes of at least 4 members (excludes halogenated alkanes) is 4. The van der Waals surface area contributed by atoms with Crippen molar-refractivity contribution in [1.82, 2.24) is 10.3 Å². The van der Waals surface area contributed by atoms with Crippen molar-refractivity contribution in [2.75, 3.05) is 13.2 Å². The fraction of sp³-hybridized carbons (Fsp3) is 0.706. The summed E-state index contributed by atoms with van der Waals surface area (Å²) >= 11 is 0. The summed E-state index contributed by atoms with van der Waals surface area (Å²) in [6.45, 7) is 8.63. The highest BCUT2D eigenvalue weighted by molar-refractivity contribution is 5.26. The lowest BCUT2D eigenvalue weighted by atomic mass is 10.2. The summed E-state index contributed by atoms with van der Waals surface area (Å²) < 4.78 is 19.0.